The van der Waals surface area contributed by atoms with E-state index in [0.29, 0.717) is 28.4 Å². The van der Waals surface area contributed by atoms with Crippen molar-refractivity contribution in [2.45, 2.75) is 26.9 Å². The van der Waals surface area contributed by atoms with E-state index in [2.05, 4.69) is 27.3 Å². The Hall–Kier alpha value is -2.54. The number of hydrogen-bond donors (Lipinski definition) is 4. The Morgan fingerprint density at radius 1 is 1.40 bits per heavy atom. The van der Waals surface area contributed by atoms with Gasteiger partial charge in [0.15, 0.2) is 5.82 Å². The summed E-state index contributed by atoms with van der Waals surface area (Å²) < 4.78 is 5.71. The molecule has 0 aliphatic carbocycles. The van der Waals surface area contributed by atoms with E-state index in [0.717, 1.165) is 25.5 Å². The maximum Gasteiger partial charge on any atom is 0.151 e. The van der Waals surface area contributed by atoms with E-state index < -0.39 is 0 Å². The molecule has 0 aliphatic rings. The van der Waals surface area contributed by atoms with Crippen LogP contribution in [0.5, 0.6) is 5.75 Å². The molecule has 0 bridgehead atoms. The van der Waals surface area contributed by atoms with E-state index in [4.69, 9.17) is 15.9 Å². The van der Waals surface area contributed by atoms with Gasteiger partial charge in [-0.3, -0.25) is 10.5 Å². The maximum atomic E-state index is 8.50. The van der Waals surface area contributed by atoms with Crippen LogP contribution in [-0.2, 0) is 0 Å². The summed E-state index contributed by atoms with van der Waals surface area (Å²) in [5, 5.41) is 18.9. The van der Waals surface area contributed by atoms with Gasteiger partial charge in [-0.2, -0.15) is 5.10 Å². The van der Waals surface area contributed by atoms with E-state index >= 15 is 0 Å². The average molecular weight is 344 g/mol. The van der Waals surface area contributed by atoms with Crippen LogP contribution in [0.1, 0.15) is 32.0 Å². The molecular formula is C18H28N6O. The van der Waals surface area contributed by atoms with Gasteiger partial charge in [0.2, 0.25) is 0 Å². The number of anilines is 2. The van der Waals surface area contributed by atoms with Gasteiger partial charge in [0, 0.05) is 37.0 Å². The third-order valence-corrected chi connectivity index (χ3v) is 3.84. The molecule has 0 atom stereocenters. The fourth-order valence-electron chi connectivity index (χ4n) is 2.53. The average Bonchev–Trinajstić information content (AvgIpc) is 3.06. The molecule has 5 N–H and O–H groups in total. The Kier molecular flexibility index (Phi) is 6.41. The van der Waals surface area contributed by atoms with Crippen LogP contribution >= 0.6 is 0 Å². The monoisotopic (exact) mass is 344 g/mol. The zero-order valence-corrected chi connectivity index (χ0v) is 15.4. The predicted molar refractivity (Wildman–Crippen MR) is 103 cm³/mol. The van der Waals surface area contributed by atoms with Crippen LogP contribution in [0.4, 0.5) is 11.5 Å². The largest absolute Gasteiger partial charge is 0.491 e. The number of nitrogen functional groups attached to an aromatic ring is 1. The van der Waals surface area contributed by atoms with Gasteiger partial charge in [0.1, 0.15) is 5.75 Å². The molecule has 0 unspecified atom stereocenters. The summed E-state index contributed by atoms with van der Waals surface area (Å²) >= 11 is 0. The third-order valence-electron chi connectivity index (χ3n) is 3.84. The van der Waals surface area contributed by atoms with Crippen molar-refractivity contribution in [3.63, 3.8) is 0 Å². The number of nitrogens with two attached hydrogens (primary N) is 1. The summed E-state index contributed by atoms with van der Waals surface area (Å²) in [6.45, 7) is 8.58. The van der Waals surface area contributed by atoms with Crippen LogP contribution < -0.4 is 20.7 Å². The highest BCUT2D eigenvalue weighted by Gasteiger charge is 2.15. The first-order chi connectivity index (χ1) is 12.0. The van der Waals surface area contributed by atoms with Crippen molar-refractivity contribution in [2.75, 3.05) is 37.3 Å². The summed E-state index contributed by atoms with van der Waals surface area (Å²) in [6, 6.07) is 7.28. The van der Waals surface area contributed by atoms with Crippen LogP contribution in [0, 0.1) is 5.41 Å². The van der Waals surface area contributed by atoms with E-state index in [1.54, 1.807) is 12.1 Å². The number of aromatic nitrogens is 2. The Balaban J connectivity index is 2.23. The number of rotatable bonds is 9. The van der Waals surface area contributed by atoms with Gasteiger partial charge >= 0.3 is 0 Å². The van der Waals surface area contributed by atoms with E-state index in [-0.39, 0.29) is 6.10 Å². The van der Waals surface area contributed by atoms with Crippen LogP contribution in [0.3, 0.4) is 0 Å². The van der Waals surface area contributed by atoms with Crippen molar-refractivity contribution >= 4 is 17.2 Å². The minimum Gasteiger partial charge on any atom is -0.491 e. The summed E-state index contributed by atoms with van der Waals surface area (Å²) in [5.41, 5.74) is 8.17. The maximum absolute atomic E-state index is 8.50. The van der Waals surface area contributed by atoms with Crippen LogP contribution in [-0.4, -0.2) is 48.7 Å². The van der Waals surface area contributed by atoms with Gasteiger partial charge in [0.25, 0.3) is 0 Å². The lowest BCUT2D eigenvalue weighted by Gasteiger charge is -2.19. The highest BCUT2D eigenvalue weighted by atomic mass is 16.5. The van der Waals surface area contributed by atoms with Gasteiger partial charge in [-0.15, -0.1) is 0 Å². The van der Waals surface area contributed by atoms with E-state index in [9.17, 15) is 0 Å². The quantitative estimate of drug-likeness (QED) is 0.413. The third kappa shape index (κ3) is 4.73. The lowest BCUT2D eigenvalue weighted by atomic mass is 10.0. The van der Waals surface area contributed by atoms with Crippen molar-refractivity contribution in [1.29, 1.82) is 5.41 Å². The number of likely N-dealkylation sites (N-methyl/N-ethyl adjacent to an activating group) is 2. The SMILES string of the molecule is CCN(CCNC)c1cc(C(=N)c2cc(OC(C)C)ccc2N)[nH]n1. The molecule has 1 aromatic heterocycles. The second-order valence-electron chi connectivity index (χ2n) is 6.11. The fourth-order valence-corrected chi connectivity index (χ4v) is 2.53. The second kappa shape index (κ2) is 8.53. The molecule has 2 aromatic rings. The molecule has 2 rings (SSSR count). The topological polar surface area (TPSA) is 103 Å². The first-order valence-electron chi connectivity index (χ1n) is 8.56. The Bertz CT molecular complexity index is 709. The van der Waals surface area contributed by atoms with Crippen molar-refractivity contribution in [3.05, 3.63) is 35.5 Å². The lowest BCUT2D eigenvalue weighted by molar-refractivity contribution is 0.242. The zero-order valence-electron chi connectivity index (χ0n) is 15.4. The van der Waals surface area contributed by atoms with Gasteiger partial charge in [-0.05, 0) is 46.0 Å². The normalized spacial score (nSPS) is 10.9. The highest BCUT2D eigenvalue weighted by molar-refractivity contribution is 6.13. The van der Waals surface area contributed by atoms with Crippen molar-refractivity contribution in [1.82, 2.24) is 15.5 Å². The first-order valence-corrected chi connectivity index (χ1v) is 8.56. The molecule has 136 valence electrons. The second-order valence-corrected chi connectivity index (χ2v) is 6.11. The van der Waals surface area contributed by atoms with Crippen LogP contribution in [0.25, 0.3) is 0 Å². The Labute approximate surface area is 149 Å². The van der Waals surface area contributed by atoms with Crippen molar-refractivity contribution in [2.24, 2.45) is 0 Å². The minimum atomic E-state index is 0.0645. The summed E-state index contributed by atoms with van der Waals surface area (Å²) in [6.07, 6.45) is 0.0645. The molecule has 0 saturated carbocycles. The Morgan fingerprint density at radius 3 is 2.80 bits per heavy atom. The summed E-state index contributed by atoms with van der Waals surface area (Å²) in [5.74, 6) is 1.53. The molecule has 7 nitrogen and oxygen atoms in total. The molecule has 1 heterocycles. The molecule has 7 heteroatoms. The van der Waals surface area contributed by atoms with Crippen molar-refractivity contribution in [3.8, 4) is 5.75 Å². The number of aromatic amines is 1. The minimum absolute atomic E-state index is 0.0645. The van der Waals surface area contributed by atoms with E-state index in [1.807, 2.05) is 33.0 Å². The van der Waals surface area contributed by atoms with Crippen LogP contribution in [0.2, 0.25) is 0 Å². The zero-order chi connectivity index (χ0) is 18.4. The fraction of sp³-hybridized carbons (Fsp3) is 0.444. The van der Waals surface area contributed by atoms with Gasteiger partial charge in [-0.1, -0.05) is 0 Å². The number of nitrogens with one attached hydrogen (secondary N) is 3. The molecule has 0 radical (unpaired) electrons. The molecule has 0 aliphatic heterocycles. The first kappa shape index (κ1) is 18.8. The van der Waals surface area contributed by atoms with Crippen molar-refractivity contribution < 1.29 is 4.74 Å². The molecule has 0 amide bonds. The molecule has 25 heavy (non-hydrogen) atoms. The molecule has 1 aromatic carbocycles. The predicted octanol–water partition coefficient (Wildman–Crippen LogP) is 2.24. The standard InChI is InChI=1S/C18H28N6O/c1-5-24(9-8-21-4)17-11-16(22-23-17)18(20)14-10-13(25-12(2)3)6-7-15(14)19/h6-7,10-12,20-21H,5,8-9,19H2,1-4H3,(H,22,23). The number of nitrogens with zero attached hydrogens (tertiary/aromatic N) is 2. The Morgan fingerprint density at radius 2 is 2.16 bits per heavy atom. The van der Waals surface area contributed by atoms with Gasteiger partial charge in [0.05, 0.1) is 17.5 Å². The molecule has 0 fully saturated rings. The molecular weight excluding hydrogens is 316 g/mol. The van der Waals surface area contributed by atoms with Gasteiger partial charge in [-0.25, -0.2) is 0 Å². The number of ether oxygens (including phenoxy) is 1. The summed E-state index contributed by atoms with van der Waals surface area (Å²) in [4.78, 5) is 2.14. The van der Waals surface area contributed by atoms with Gasteiger partial charge < -0.3 is 20.7 Å². The lowest BCUT2D eigenvalue weighted by Crippen LogP contribution is -2.30. The van der Waals surface area contributed by atoms with E-state index in [1.165, 1.54) is 0 Å². The number of H-pyrrole nitrogens is 1. The summed E-state index contributed by atoms with van der Waals surface area (Å²) in [7, 11) is 1.93. The molecule has 0 saturated heterocycles. The smallest absolute Gasteiger partial charge is 0.151 e. The van der Waals surface area contributed by atoms with Crippen LogP contribution in [0.15, 0.2) is 24.3 Å². The molecule has 0 spiro atoms. The number of hydrogen-bond acceptors (Lipinski definition) is 6. The number of benzene rings is 1. The highest BCUT2D eigenvalue weighted by Crippen LogP contribution is 2.24.